The van der Waals surface area contributed by atoms with Crippen LogP contribution in [0.25, 0.3) is 109 Å². The maximum Gasteiger partial charge on any atom is 0.164 e. The molecule has 0 unspecified atom stereocenters. The van der Waals surface area contributed by atoms with Crippen LogP contribution < -0.4 is 0 Å². The Balaban J connectivity index is 1.12. The standard InChI is InChI=1S/C49H28ClN3OS/c50-41-28-43-40(27-39(41)35-25-24-32(29-12-3-1-4-13-29)33-16-7-8-17-34(33)35)46-38(19-11-20-42(46)54-43)49-52-47(30-14-5-2-6-15-30)51-48(53-49)31-22-23-37-36-18-9-10-21-44(36)55-45(37)26-31/h1-28H. The average Bonchev–Trinajstić information content (AvgIpc) is 3.81. The van der Waals surface area contributed by atoms with E-state index < -0.39 is 0 Å². The summed E-state index contributed by atoms with van der Waals surface area (Å²) < 4.78 is 8.95. The molecule has 11 aromatic rings. The Kier molecular flexibility index (Phi) is 7.37. The van der Waals surface area contributed by atoms with Gasteiger partial charge in [0.05, 0.1) is 5.02 Å². The summed E-state index contributed by atoms with van der Waals surface area (Å²) in [6.07, 6.45) is 0. The molecule has 0 N–H and O–H groups in total. The van der Waals surface area contributed by atoms with E-state index in [2.05, 4.69) is 115 Å². The quantitative estimate of drug-likeness (QED) is 0.176. The van der Waals surface area contributed by atoms with Gasteiger partial charge in [-0.2, -0.15) is 0 Å². The highest BCUT2D eigenvalue weighted by Crippen LogP contribution is 2.44. The zero-order chi connectivity index (χ0) is 36.5. The minimum atomic E-state index is 0.572. The van der Waals surface area contributed by atoms with Crippen LogP contribution in [0, 0.1) is 0 Å². The second kappa shape index (κ2) is 12.7. The van der Waals surface area contributed by atoms with E-state index in [1.807, 2.05) is 54.6 Å². The second-order valence-electron chi connectivity index (χ2n) is 13.7. The normalized spacial score (nSPS) is 11.7. The average molecular weight is 742 g/mol. The molecule has 0 spiro atoms. The SMILES string of the molecule is Clc1cc2oc3cccc(-c4nc(-c5ccccc5)nc(-c5ccc6c(c5)sc5ccccc56)n4)c3c2cc1-c1ccc(-c2ccccc2)c2ccccc12. The Hall–Kier alpha value is -6.66. The molecule has 0 aliphatic heterocycles. The van der Waals surface area contributed by atoms with Crippen molar-refractivity contribution in [1.29, 1.82) is 0 Å². The lowest BCUT2D eigenvalue weighted by molar-refractivity contribution is 0.669. The molecule has 0 aliphatic rings. The van der Waals surface area contributed by atoms with Crippen LogP contribution in [-0.4, -0.2) is 15.0 Å². The molecule has 0 saturated heterocycles. The van der Waals surface area contributed by atoms with Crippen molar-refractivity contribution in [2.24, 2.45) is 0 Å². The van der Waals surface area contributed by atoms with E-state index >= 15 is 0 Å². The molecule has 8 aromatic carbocycles. The van der Waals surface area contributed by atoms with Crippen molar-refractivity contribution in [2.45, 2.75) is 0 Å². The number of thiophene rings is 1. The monoisotopic (exact) mass is 741 g/mol. The molecule has 0 saturated carbocycles. The maximum absolute atomic E-state index is 7.13. The number of hydrogen-bond acceptors (Lipinski definition) is 5. The summed E-state index contributed by atoms with van der Waals surface area (Å²) >= 11 is 8.91. The topological polar surface area (TPSA) is 51.8 Å². The first kappa shape index (κ1) is 31.8. The van der Waals surface area contributed by atoms with E-state index in [0.717, 1.165) is 49.6 Å². The summed E-state index contributed by atoms with van der Waals surface area (Å²) in [5.74, 6) is 1.79. The Bertz CT molecular complexity index is 3280. The Morgan fingerprint density at radius 1 is 0.382 bits per heavy atom. The van der Waals surface area contributed by atoms with E-state index in [-0.39, 0.29) is 0 Å². The number of nitrogens with zero attached hydrogens (tertiary/aromatic N) is 3. The van der Waals surface area contributed by atoms with Gasteiger partial charge in [0.2, 0.25) is 0 Å². The second-order valence-corrected chi connectivity index (χ2v) is 15.2. The minimum absolute atomic E-state index is 0.572. The highest BCUT2D eigenvalue weighted by Gasteiger charge is 2.21. The van der Waals surface area contributed by atoms with Gasteiger partial charge in [-0.25, -0.2) is 15.0 Å². The first-order chi connectivity index (χ1) is 27.2. The third-order valence-electron chi connectivity index (χ3n) is 10.4. The van der Waals surface area contributed by atoms with Gasteiger partial charge in [0.1, 0.15) is 11.2 Å². The van der Waals surface area contributed by atoms with E-state index in [9.17, 15) is 0 Å². The maximum atomic E-state index is 7.13. The summed E-state index contributed by atoms with van der Waals surface area (Å²) in [4.78, 5) is 15.4. The zero-order valence-corrected chi connectivity index (χ0v) is 30.8. The summed E-state index contributed by atoms with van der Waals surface area (Å²) in [6, 6.07) is 58.7. The molecule has 0 bridgehead atoms. The number of furan rings is 1. The zero-order valence-electron chi connectivity index (χ0n) is 29.2. The van der Waals surface area contributed by atoms with Gasteiger partial charge in [0, 0.05) is 59.3 Å². The Labute approximate surface area is 325 Å². The van der Waals surface area contributed by atoms with Crippen molar-refractivity contribution >= 4 is 75.8 Å². The predicted molar refractivity (Wildman–Crippen MR) is 230 cm³/mol. The molecular weight excluding hydrogens is 714 g/mol. The molecule has 0 radical (unpaired) electrons. The van der Waals surface area contributed by atoms with Gasteiger partial charge < -0.3 is 4.42 Å². The van der Waals surface area contributed by atoms with Crippen LogP contribution in [-0.2, 0) is 0 Å². The van der Waals surface area contributed by atoms with Crippen molar-refractivity contribution in [3.63, 3.8) is 0 Å². The largest absolute Gasteiger partial charge is 0.456 e. The predicted octanol–water partition coefficient (Wildman–Crippen LogP) is 14.3. The molecule has 0 aliphatic carbocycles. The molecule has 0 amide bonds. The number of rotatable bonds is 5. The Morgan fingerprint density at radius 2 is 1.02 bits per heavy atom. The lowest BCUT2D eigenvalue weighted by Gasteiger charge is -2.13. The molecule has 3 aromatic heterocycles. The molecule has 4 nitrogen and oxygen atoms in total. The minimum Gasteiger partial charge on any atom is -0.456 e. The number of fused-ring (bicyclic) bond motifs is 7. The highest BCUT2D eigenvalue weighted by atomic mass is 35.5. The smallest absolute Gasteiger partial charge is 0.164 e. The number of halogens is 1. The van der Waals surface area contributed by atoms with E-state index in [1.54, 1.807) is 11.3 Å². The van der Waals surface area contributed by atoms with Gasteiger partial charge in [0.15, 0.2) is 17.5 Å². The third kappa shape index (κ3) is 5.31. The summed E-state index contributed by atoms with van der Waals surface area (Å²) in [5.41, 5.74) is 8.49. The van der Waals surface area contributed by atoms with Crippen molar-refractivity contribution < 1.29 is 4.42 Å². The fraction of sp³-hybridized carbons (Fsp3) is 0. The molecule has 258 valence electrons. The number of benzene rings is 8. The van der Waals surface area contributed by atoms with Gasteiger partial charge >= 0.3 is 0 Å². The molecule has 11 rings (SSSR count). The third-order valence-corrected chi connectivity index (χ3v) is 11.9. The summed E-state index contributed by atoms with van der Waals surface area (Å²) in [7, 11) is 0. The first-order valence-electron chi connectivity index (χ1n) is 18.1. The van der Waals surface area contributed by atoms with Gasteiger partial charge in [-0.1, -0.05) is 151 Å². The first-order valence-corrected chi connectivity index (χ1v) is 19.3. The lowest BCUT2D eigenvalue weighted by Crippen LogP contribution is -2.00. The van der Waals surface area contributed by atoms with Crippen molar-refractivity contribution in [1.82, 2.24) is 15.0 Å². The molecule has 55 heavy (non-hydrogen) atoms. The lowest BCUT2D eigenvalue weighted by atomic mass is 9.91. The van der Waals surface area contributed by atoms with Gasteiger partial charge in [-0.15, -0.1) is 11.3 Å². The molecule has 0 atom stereocenters. The van der Waals surface area contributed by atoms with E-state index in [4.69, 9.17) is 31.0 Å². The van der Waals surface area contributed by atoms with Crippen molar-refractivity contribution in [2.75, 3.05) is 0 Å². The molecule has 0 fully saturated rings. The number of aromatic nitrogens is 3. The molecule has 3 heterocycles. The van der Waals surface area contributed by atoms with Crippen LogP contribution in [0.15, 0.2) is 174 Å². The van der Waals surface area contributed by atoms with Crippen LogP contribution in [0.3, 0.4) is 0 Å². The van der Waals surface area contributed by atoms with Crippen LogP contribution in [0.5, 0.6) is 0 Å². The fourth-order valence-corrected chi connectivity index (χ4v) is 9.25. The highest BCUT2D eigenvalue weighted by molar-refractivity contribution is 7.25. The van der Waals surface area contributed by atoms with E-state index in [1.165, 1.54) is 36.7 Å². The van der Waals surface area contributed by atoms with Gasteiger partial charge in [0.25, 0.3) is 0 Å². The Morgan fingerprint density at radius 3 is 1.82 bits per heavy atom. The van der Waals surface area contributed by atoms with Crippen LogP contribution >= 0.6 is 22.9 Å². The van der Waals surface area contributed by atoms with E-state index in [0.29, 0.717) is 28.1 Å². The summed E-state index contributed by atoms with van der Waals surface area (Å²) in [5, 5.41) is 7.27. The van der Waals surface area contributed by atoms with Gasteiger partial charge in [-0.05, 0) is 51.7 Å². The summed E-state index contributed by atoms with van der Waals surface area (Å²) in [6.45, 7) is 0. The molecular formula is C49H28ClN3OS. The van der Waals surface area contributed by atoms with Crippen LogP contribution in [0.2, 0.25) is 5.02 Å². The number of hydrogen-bond donors (Lipinski definition) is 0. The van der Waals surface area contributed by atoms with Crippen molar-refractivity contribution in [3.05, 3.63) is 175 Å². The van der Waals surface area contributed by atoms with Crippen LogP contribution in [0.4, 0.5) is 0 Å². The van der Waals surface area contributed by atoms with Gasteiger partial charge in [-0.3, -0.25) is 0 Å². The van der Waals surface area contributed by atoms with Crippen molar-refractivity contribution in [3.8, 4) is 56.4 Å². The fourth-order valence-electron chi connectivity index (χ4n) is 7.85. The molecule has 6 heteroatoms. The van der Waals surface area contributed by atoms with Crippen LogP contribution in [0.1, 0.15) is 0 Å².